The molecule has 1 aliphatic carbocycles. The molecule has 0 radical (unpaired) electrons. The number of rotatable bonds is 6. The second-order valence-electron chi connectivity index (χ2n) is 6.51. The highest BCUT2D eigenvalue weighted by atomic mass is 19.4. The monoisotopic (exact) mass is 384 g/mol. The zero-order valence-electron chi connectivity index (χ0n) is 15.1. The van der Waals surface area contributed by atoms with Gasteiger partial charge >= 0.3 is 6.18 Å². The third-order valence-electron chi connectivity index (χ3n) is 4.78. The molecule has 1 atom stereocenters. The Morgan fingerprint density at radius 1 is 1.30 bits per heavy atom. The van der Waals surface area contributed by atoms with Gasteiger partial charge in [0, 0.05) is 11.5 Å². The zero-order valence-corrected chi connectivity index (χ0v) is 15.1. The molecule has 148 valence electrons. The van der Waals surface area contributed by atoms with Crippen LogP contribution in [0.15, 0.2) is 18.2 Å². The quantitative estimate of drug-likeness (QED) is 0.583. The van der Waals surface area contributed by atoms with Gasteiger partial charge in [0.05, 0.1) is 7.11 Å². The van der Waals surface area contributed by atoms with Gasteiger partial charge in [0.15, 0.2) is 17.2 Å². The third-order valence-corrected chi connectivity index (χ3v) is 4.78. The number of ether oxygens (including phenoxy) is 2. The highest BCUT2D eigenvalue weighted by Gasteiger charge is 2.57. The number of nitrogens with one attached hydrogen (secondary N) is 1. The lowest BCUT2D eigenvalue weighted by atomic mass is 9.79. The SMILES string of the molecule is C#CCOc1ccc(C(=O)NC(N)(C2CCCCC2)C(F)(F)F)cc1OC. The van der Waals surface area contributed by atoms with Crippen molar-refractivity contribution in [3.63, 3.8) is 0 Å². The predicted molar refractivity (Wildman–Crippen MR) is 94.3 cm³/mol. The van der Waals surface area contributed by atoms with Gasteiger partial charge in [0.2, 0.25) is 0 Å². The number of benzene rings is 1. The Morgan fingerprint density at radius 3 is 2.52 bits per heavy atom. The molecule has 8 heteroatoms. The first-order chi connectivity index (χ1) is 12.7. The van der Waals surface area contributed by atoms with E-state index in [1.807, 2.05) is 5.32 Å². The third kappa shape index (κ3) is 4.66. The first kappa shape index (κ1) is 20.9. The number of hydrogen-bond donors (Lipinski definition) is 2. The predicted octanol–water partition coefficient (Wildman–Crippen LogP) is 3.23. The molecule has 1 fully saturated rings. The van der Waals surface area contributed by atoms with E-state index in [9.17, 15) is 18.0 Å². The van der Waals surface area contributed by atoms with Crippen LogP contribution in [-0.2, 0) is 0 Å². The van der Waals surface area contributed by atoms with E-state index in [-0.39, 0.29) is 23.7 Å². The summed E-state index contributed by atoms with van der Waals surface area (Å²) in [5.41, 5.74) is 2.92. The molecule has 5 nitrogen and oxygen atoms in total. The van der Waals surface area contributed by atoms with Crippen molar-refractivity contribution >= 4 is 5.91 Å². The van der Waals surface area contributed by atoms with E-state index in [1.165, 1.54) is 25.3 Å². The molecule has 3 N–H and O–H groups in total. The van der Waals surface area contributed by atoms with Gasteiger partial charge in [-0.2, -0.15) is 13.2 Å². The van der Waals surface area contributed by atoms with E-state index < -0.39 is 23.7 Å². The summed E-state index contributed by atoms with van der Waals surface area (Å²) in [6.45, 7) is -0.0103. The Labute approximate surface area is 156 Å². The number of alkyl halides is 3. The molecule has 0 aliphatic heterocycles. The van der Waals surface area contributed by atoms with E-state index in [4.69, 9.17) is 21.6 Å². The number of amides is 1. The molecular formula is C19H23F3N2O3. The molecule has 0 bridgehead atoms. The van der Waals surface area contributed by atoms with Crippen LogP contribution in [0.4, 0.5) is 13.2 Å². The number of carbonyl (C=O) groups is 1. The fourth-order valence-corrected chi connectivity index (χ4v) is 3.27. The van der Waals surface area contributed by atoms with Crippen LogP contribution in [0.1, 0.15) is 42.5 Å². The van der Waals surface area contributed by atoms with Gasteiger partial charge in [-0.15, -0.1) is 6.42 Å². The Hall–Kier alpha value is -2.40. The van der Waals surface area contributed by atoms with Crippen LogP contribution in [0.5, 0.6) is 11.5 Å². The molecule has 1 saturated carbocycles. The lowest BCUT2D eigenvalue weighted by Crippen LogP contribution is -2.69. The van der Waals surface area contributed by atoms with E-state index in [0.717, 1.165) is 6.42 Å². The van der Waals surface area contributed by atoms with Crippen molar-refractivity contribution < 1.29 is 27.4 Å². The molecular weight excluding hydrogens is 361 g/mol. The van der Waals surface area contributed by atoms with Crippen LogP contribution < -0.4 is 20.5 Å². The van der Waals surface area contributed by atoms with Gasteiger partial charge < -0.3 is 20.5 Å². The second-order valence-corrected chi connectivity index (χ2v) is 6.51. The molecule has 0 saturated heterocycles. The average molecular weight is 384 g/mol. The summed E-state index contributed by atoms with van der Waals surface area (Å²) in [7, 11) is 1.35. The number of methoxy groups -OCH3 is 1. The zero-order chi connectivity index (χ0) is 20.1. The largest absolute Gasteiger partial charge is 0.493 e. The van der Waals surface area contributed by atoms with Crippen LogP contribution >= 0.6 is 0 Å². The highest BCUT2D eigenvalue weighted by molar-refractivity contribution is 5.95. The van der Waals surface area contributed by atoms with Crippen LogP contribution in [0.2, 0.25) is 0 Å². The van der Waals surface area contributed by atoms with Gasteiger partial charge in [-0.05, 0) is 31.0 Å². The minimum atomic E-state index is -4.77. The van der Waals surface area contributed by atoms with Crippen molar-refractivity contribution in [2.45, 2.75) is 43.9 Å². The summed E-state index contributed by atoms with van der Waals surface area (Å²) < 4.78 is 51.5. The van der Waals surface area contributed by atoms with Crippen LogP contribution in [0.3, 0.4) is 0 Å². The molecule has 1 aromatic rings. The molecule has 2 rings (SSSR count). The van der Waals surface area contributed by atoms with Gasteiger partial charge in [-0.25, -0.2) is 0 Å². The molecule has 1 aromatic carbocycles. The molecule has 27 heavy (non-hydrogen) atoms. The molecule has 1 aliphatic rings. The summed E-state index contributed by atoms with van der Waals surface area (Å²) in [6, 6.07) is 4.04. The maximum absolute atomic E-state index is 13.7. The number of carbonyl (C=O) groups excluding carboxylic acids is 1. The van der Waals surface area contributed by atoms with Gasteiger partial charge in [-0.1, -0.05) is 25.2 Å². The minimum Gasteiger partial charge on any atom is -0.493 e. The van der Waals surface area contributed by atoms with Gasteiger partial charge in [0.1, 0.15) is 6.61 Å². The van der Waals surface area contributed by atoms with Crippen molar-refractivity contribution in [1.29, 1.82) is 0 Å². The van der Waals surface area contributed by atoms with E-state index in [1.54, 1.807) is 0 Å². The second kappa shape index (κ2) is 8.53. The summed E-state index contributed by atoms with van der Waals surface area (Å²) in [5, 5.41) is 2.02. The highest BCUT2D eigenvalue weighted by Crippen LogP contribution is 2.40. The summed E-state index contributed by atoms with van der Waals surface area (Å²) in [6.07, 6.45) is 3.17. The lowest BCUT2D eigenvalue weighted by molar-refractivity contribution is -0.210. The fraction of sp³-hybridized carbons (Fsp3) is 0.526. The number of hydrogen-bond acceptors (Lipinski definition) is 4. The standard InChI is InChI=1S/C19H23F3N2O3/c1-3-11-27-15-10-9-13(12-16(15)26-2)17(25)24-18(23,19(20,21)22)14-7-5-4-6-8-14/h1,9-10,12,14H,4-8,11,23H2,2H3,(H,24,25). The molecule has 0 heterocycles. The normalized spacial score (nSPS) is 17.5. The van der Waals surface area contributed by atoms with Gasteiger partial charge in [0.25, 0.3) is 5.91 Å². The van der Waals surface area contributed by atoms with E-state index >= 15 is 0 Å². The first-order valence-electron chi connectivity index (χ1n) is 8.65. The number of nitrogens with two attached hydrogens (primary N) is 1. The van der Waals surface area contributed by atoms with Crippen molar-refractivity contribution in [3.05, 3.63) is 23.8 Å². The van der Waals surface area contributed by atoms with Crippen LogP contribution in [0.25, 0.3) is 0 Å². The topological polar surface area (TPSA) is 73.6 Å². The van der Waals surface area contributed by atoms with Crippen LogP contribution in [0, 0.1) is 18.3 Å². The van der Waals surface area contributed by atoms with Gasteiger partial charge in [-0.3, -0.25) is 4.79 Å². The van der Waals surface area contributed by atoms with Crippen molar-refractivity contribution in [2.24, 2.45) is 11.7 Å². The number of terminal acetylenes is 1. The van der Waals surface area contributed by atoms with E-state index in [0.29, 0.717) is 25.7 Å². The maximum Gasteiger partial charge on any atom is 0.425 e. The maximum atomic E-state index is 13.7. The Balaban J connectivity index is 2.26. The van der Waals surface area contributed by atoms with Crippen LogP contribution in [-0.4, -0.2) is 31.5 Å². The summed E-state index contributed by atoms with van der Waals surface area (Å²) >= 11 is 0. The molecule has 0 spiro atoms. The first-order valence-corrected chi connectivity index (χ1v) is 8.65. The Morgan fingerprint density at radius 2 is 1.96 bits per heavy atom. The molecule has 0 aromatic heterocycles. The minimum absolute atomic E-state index is 0.0103. The molecule has 1 unspecified atom stereocenters. The fourth-order valence-electron chi connectivity index (χ4n) is 3.27. The summed E-state index contributed by atoms with van der Waals surface area (Å²) in [5.74, 6) is 0.968. The lowest BCUT2D eigenvalue weighted by Gasteiger charge is -2.41. The Bertz CT molecular complexity index is 709. The van der Waals surface area contributed by atoms with Crippen molar-refractivity contribution in [1.82, 2.24) is 5.32 Å². The van der Waals surface area contributed by atoms with Crippen molar-refractivity contribution in [3.8, 4) is 23.8 Å². The molecule has 1 amide bonds. The van der Waals surface area contributed by atoms with E-state index in [2.05, 4.69) is 5.92 Å². The summed E-state index contributed by atoms with van der Waals surface area (Å²) in [4.78, 5) is 12.5. The Kier molecular flexibility index (Phi) is 6.60. The van der Waals surface area contributed by atoms with Crippen molar-refractivity contribution in [2.75, 3.05) is 13.7 Å². The average Bonchev–Trinajstić information content (AvgIpc) is 2.65. The smallest absolute Gasteiger partial charge is 0.425 e. The number of halogens is 3.